The van der Waals surface area contributed by atoms with Crippen LogP contribution in [0, 0.1) is 12.3 Å². The molecule has 0 radical (unpaired) electrons. The molecule has 0 spiro atoms. The van der Waals surface area contributed by atoms with Gasteiger partial charge in [0.05, 0.1) is 0 Å². The molecule has 1 aromatic heterocycles. The van der Waals surface area contributed by atoms with Gasteiger partial charge in [-0.05, 0) is 31.0 Å². The third-order valence-electron chi connectivity index (χ3n) is 3.58. The van der Waals surface area contributed by atoms with E-state index in [0.29, 0.717) is 6.04 Å². The van der Waals surface area contributed by atoms with Crippen molar-refractivity contribution in [2.24, 2.45) is 0 Å². The number of nitrogens with zero attached hydrogens (tertiary/aromatic N) is 2. The number of rotatable bonds is 3. The highest BCUT2D eigenvalue weighted by Crippen LogP contribution is 2.23. The van der Waals surface area contributed by atoms with E-state index >= 15 is 0 Å². The van der Waals surface area contributed by atoms with Crippen molar-refractivity contribution in [2.75, 3.05) is 23.3 Å². The maximum absolute atomic E-state index is 5.43. The zero-order valence-corrected chi connectivity index (χ0v) is 12.1. The van der Waals surface area contributed by atoms with Crippen molar-refractivity contribution in [1.82, 2.24) is 4.98 Å². The van der Waals surface area contributed by atoms with E-state index in [1.165, 1.54) is 0 Å². The second kappa shape index (κ2) is 5.98. The van der Waals surface area contributed by atoms with Crippen molar-refractivity contribution < 1.29 is 0 Å². The van der Waals surface area contributed by atoms with Gasteiger partial charge in [0, 0.05) is 42.0 Å². The Bertz CT molecular complexity index is 592. The standard InChI is InChI=1S/C16H17N3S/c1-2-13-4-3-5-15(12-13)18-14-6-9-19(10-7-14)16-17-8-11-20-16/h1,3-5,8,11-12,14,18H,6-7,9-10H2. The smallest absolute Gasteiger partial charge is 0.185 e. The maximum Gasteiger partial charge on any atom is 0.185 e. The normalized spacial score (nSPS) is 15.8. The van der Waals surface area contributed by atoms with Crippen molar-refractivity contribution in [3.63, 3.8) is 0 Å². The van der Waals surface area contributed by atoms with Gasteiger partial charge in [-0.1, -0.05) is 12.0 Å². The molecular formula is C16H17N3S. The van der Waals surface area contributed by atoms with E-state index in [2.05, 4.69) is 27.2 Å². The molecule has 0 atom stereocenters. The Morgan fingerprint density at radius 1 is 1.35 bits per heavy atom. The van der Waals surface area contributed by atoms with E-state index in [9.17, 15) is 0 Å². The highest BCUT2D eigenvalue weighted by Gasteiger charge is 2.20. The Balaban J connectivity index is 1.57. The topological polar surface area (TPSA) is 28.2 Å². The molecule has 0 aliphatic carbocycles. The molecule has 2 heterocycles. The van der Waals surface area contributed by atoms with Gasteiger partial charge in [-0.25, -0.2) is 4.98 Å². The fourth-order valence-electron chi connectivity index (χ4n) is 2.52. The Morgan fingerprint density at radius 3 is 2.90 bits per heavy atom. The lowest BCUT2D eigenvalue weighted by atomic mass is 10.0. The lowest BCUT2D eigenvalue weighted by Crippen LogP contribution is -2.39. The van der Waals surface area contributed by atoms with Gasteiger partial charge in [0.15, 0.2) is 5.13 Å². The third kappa shape index (κ3) is 2.94. The van der Waals surface area contributed by atoms with Gasteiger partial charge < -0.3 is 10.2 Å². The number of nitrogens with one attached hydrogen (secondary N) is 1. The van der Waals surface area contributed by atoms with Crippen LogP contribution in [0.15, 0.2) is 35.8 Å². The third-order valence-corrected chi connectivity index (χ3v) is 4.42. The number of piperidine rings is 1. The highest BCUT2D eigenvalue weighted by molar-refractivity contribution is 7.13. The molecule has 102 valence electrons. The lowest BCUT2D eigenvalue weighted by molar-refractivity contribution is 0.526. The molecule has 1 saturated heterocycles. The van der Waals surface area contributed by atoms with Gasteiger partial charge in [-0.2, -0.15) is 0 Å². The van der Waals surface area contributed by atoms with Gasteiger partial charge in [0.2, 0.25) is 0 Å². The van der Waals surface area contributed by atoms with Crippen LogP contribution in [-0.4, -0.2) is 24.1 Å². The van der Waals surface area contributed by atoms with E-state index in [4.69, 9.17) is 6.42 Å². The molecule has 1 fully saturated rings. The molecule has 1 aromatic carbocycles. The van der Waals surface area contributed by atoms with E-state index < -0.39 is 0 Å². The van der Waals surface area contributed by atoms with Gasteiger partial charge in [-0.3, -0.25) is 0 Å². The predicted octanol–water partition coefficient (Wildman–Crippen LogP) is 3.21. The molecule has 1 N–H and O–H groups in total. The summed E-state index contributed by atoms with van der Waals surface area (Å²) in [6.07, 6.45) is 9.55. The van der Waals surface area contributed by atoms with Crippen molar-refractivity contribution >= 4 is 22.2 Å². The predicted molar refractivity (Wildman–Crippen MR) is 85.3 cm³/mol. The van der Waals surface area contributed by atoms with Crippen molar-refractivity contribution in [2.45, 2.75) is 18.9 Å². The van der Waals surface area contributed by atoms with Crippen LogP contribution in [0.5, 0.6) is 0 Å². The van der Waals surface area contributed by atoms with Crippen LogP contribution in [0.1, 0.15) is 18.4 Å². The molecule has 1 aliphatic heterocycles. The molecule has 0 saturated carbocycles. The molecular weight excluding hydrogens is 266 g/mol. The largest absolute Gasteiger partial charge is 0.382 e. The first-order chi connectivity index (χ1) is 9.85. The molecule has 2 aromatic rings. The van der Waals surface area contributed by atoms with Crippen LogP contribution < -0.4 is 10.2 Å². The van der Waals surface area contributed by atoms with Gasteiger partial charge >= 0.3 is 0 Å². The lowest BCUT2D eigenvalue weighted by Gasteiger charge is -2.32. The number of hydrogen-bond acceptors (Lipinski definition) is 4. The highest BCUT2D eigenvalue weighted by atomic mass is 32.1. The number of benzene rings is 1. The molecule has 4 heteroatoms. The van der Waals surface area contributed by atoms with E-state index in [-0.39, 0.29) is 0 Å². The summed E-state index contributed by atoms with van der Waals surface area (Å²) in [7, 11) is 0. The SMILES string of the molecule is C#Cc1cccc(NC2CCN(c3nccs3)CC2)c1. The minimum atomic E-state index is 0.513. The number of terminal acetylenes is 1. The van der Waals surface area contributed by atoms with E-state index in [1.807, 2.05) is 29.8 Å². The van der Waals surface area contributed by atoms with Crippen LogP contribution in [0.3, 0.4) is 0 Å². The first-order valence-corrected chi connectivity index (χ1v) is 7.71. The molecule has 20 heavy (non-hydrogen) atoms. The average molecular weight is 283 g/mol. The van der Waals surface area contributed by atoms with E-state index in [1.54, 1.807) is 11.3 Å². The molecule has 1 aliphatic rings. The summed E-state index contributed by atoms with van der Waals surface area (Å²) < 4.78 is 0. The quantitative estimate of drug-likeness (QED) is 0.877. The summed E-state index contributed by atoms with van der Waals surface area (Å²) in [5.41, 5.74) is 2.04. The maximum atomic E-state index is 5.43. The monoisotopic (exact) mass is 283 g/mol. The van der Waals surface area contributed by atoms with Crippen LogP contribution >= 0.6 is 11.3 Å². The number of anilines is 2. The van der Waals surface area contributed by atoms with Gasteiger partial charge in [-0.15, -0.1) is 17.8 Å². The summed E-state index contributed by atoms with van der Waals surface area (Å²) in [5, 5.41) is 6.75. The van der Waals surface area contributed by atoms with Crippen LogP contribution in [0.2, 0.25) is 0 Å². The van der Waals surface area contributed by atoms with Crippen LogP contribution in [0.4, 0.5) is 10.8 Å². The fraction of sp³-hybridized carbons (Fsp3) is 0.312. The molecule has 3 rings (SSSR count). The minimum absolute atomic E-state index is 0.513. The van der Waals surface area contributed by atoms with Crippen LogP contribution in [-0.2, 0) is 0 Å². The fourth-order valence-corrected chi connectivity index (χ4v) is 3.22. The molecule has 0 unspecified atom stereocenters. The van der Waals surface area contributed by atoms with Gasteiger partial charge in [0.1, 0.15) is 0 Å². The zero-order chi connectivity index (χ0) is 13.8. The summed E-state index contributed by atoms with van der Waals surface area (Å²) in [6, 6.07) is 8.58. The van der Waals surface area contributed by atoms with Crippen molar-refractivity contribution in [3.05, 3.63) is 41.4 Å². The second-order valence-corrected chi connectivity index (χ2v) is 5.82. The molecule has 0 amide bonds. The number of hydrogen-bond donors (Lipinski definition) is 1. The first-order valence-electron chi connectivity index (χ1n) is 6.83. The minimum Gasteiger partial charge on any atom is -0.382 e. The van der Waals surface area contributed by atoms with Crippen molar-refractivity contribution in [3.8, 4) is 12.3 Å². The zero-order valence-electron chi connectivity index (χ0n) is 11.2. The summed E-state index contributed by atoms with van der Waals surface area (Å²) in [6.45, 7) is 2.11. The Morgan fingerprint density at radius 2 is 2.20 bits per heavy atom. The Hall–Kier alpha value is -1.99. The Kier molecular flexibility index (Phi) is 3.89. The first kappa shape index (κ1) is 13.0. The molecule has 0 bridgehead atoms. The summed E-state index contributed by atoms with van der Waals surface area (Å²) >= 11 is 1.71. The van der Waals surface area contributed by atoms with Crippen molar-refractivity contribution in [1.29, 1.82) is 0 Å². The molecule has 3 nitrogen and oxygen atoms in total. The summed E-state index contributed by atoms with van der Waals surface area (Å²) in [4.78, 5) is 6.74. The Labute approximate surface area is 123 Å². The van der Waals surface area contributed by atoms with Gasteiger partial charge in [0.25, 0.3) is 0 Å². The number of thiazole rings is 1. The van der Waals surface area contributed by atoms with Crippen LogP contribution in [0.25, 0.3) is 0 Å². The summed E-state index contributed by atoms with van der Waals surface area (Å²) in [5.74, 6) is 2.68. The average Bonchev–Trinajstić information content (AvgIpc) is 3.02. The van der Waals surface area contributed by atoms with E-state index in [0.717, 1.165) is 42.3 Å². The second-order valence-electron chi connectivity index (χ2n) is 4.95. The number of aromatic nitrogens is 1.